The lowest BCUT2D eigenvalue weighted by Crippen LogP contribution is -2.48. The van der Waals surface area contributed by atoms with Crippen LogP contribution in [-0.4, -0.2) is 47.8 Å². The predicted molar refractivity (Wildman–Crippen MR) is 117 cm³/mol. The van der Waals surface area contributed by atoms with Crippen LogP contribution in [0.25, 0.3) is 10.9 Å². The van der Waals surface area contributed by atoms with E-state index in [9.17, 15) is 9.59 Å². The molecule has 0 bridgehead atoms. The smallest absolute Gasteiger partial charge is 0.270 e. The number of nitrogens with zero attached hydrogens (tertiary/aromatic N) is 2. The second-order valence-electron chi connectivity index (χ2n) is 7.99. The summed E-state index contributed by atoms with van der Waals surface area (Å²) in [6.45, 7) is 10.8. The lowest BCUT2D eigenvalue weighted by molar-refractivity contribution is 0.0741. The molecule has 0 aliphatic carbocycles. The number of aromatic amines is 1. The summed E-state index contributed by atoms with van der Waals surface area (Å²) in [7, 11) is 0. The molecular weight excluding hydrogens is 362 g/mol. The highest BCUT2D eigenvalue weighted by Crippen LogP contribution is 2.26. The summed E-state index contributed by atoms with van der Waals surface area (Å²) >= 11 is 0. The van der Waals surface area contributed by atoms with Crippen LogP contribution in [0.2, 0.25) is 0 Å². The number of fused-ring (bicyclic) bond motifs is 1. The third kappa shape index (κ3) is 3.53. The molecule has 0 atom stereocenters. The van der Waals surface area contributed by atoms with Gasteiger partial charge in [0.25, 0.3) is 5.91 Å². The number of benzene rings is 2. The van der Waals surface area contributed by atoms with Gasteiger partial charge in [0, 0.05) is 48.3 Å². The summed E-state index contributed by atoms with van der Waals surface area (Å²) in [5.74, 6) is 0.134. The van der Waals surface area contributed by atoms with Gasteiger partial charge in [0.05, 0.1) is 0 Å². The highest BCUT2D eigenvalue weighted by Gasteiger charge is 2.24. The zero-order valence-electron chi connectivity index (χ0n) is 17.5. The van der Waals surface area contributed by atoms with Gasteiger partial charge in [-0.1, -0.05) is 6.07 Å². The van der Waals surface area contributed by atoms with Crippen molar-refractivity contribution in [3.05, 3.63) is 64.3 Å². The Hall–Kier alpha value is -3.08. The van der Waals surface area contributed by atoms with Gasteiger partial charge >= 0.3 is 0 Å². The fourth-order valence-electron chi connectivity index (χ4n) is 4.13. The van der Waals surface area contributed by atoms with Gasteiger partial charge in [-0.2, -0.15) is 0 Å². The van der Waals surface area contributed by atoms with Crippen molar-refractivity contribution in [1.29, 1.82) is 0 Å². The quantitative estimate of drug-likeness (QED) is 0.681. The average molecular weight is 389 g/mol. The Bertz CT molecular complexity index is 1090. The van der Waals surface area contributed by atoms with Gasteiger partial charge in [0.15, 0.2) is 5.78 Å². The highest BCUT2D eigenvalue weighted by molar-refractivity contribution is 6.00. The van der Waals surface area contributed by atoms with Crippen molar-refractivity contribution in [2.45, 2.75) is 27.7 Å². The Morgan fingerprint density at radius 1 is 0.897 bits per heavy atom. The first kappa shape index (κ1) is 19.2. The van der Waals surface area contributed by atoms with Crippen molar-refractivity contribution in [1.82, 2.24) is 9.88 Å². The molecule has 3 aromatic rings. The molecule has 150 valence electrons. The Morgan fingerprint density at radius 3 is 2.17 bits per heavy atom. The van der Waals surface area contributed by atoms with Crippen LogP contribution >= 0.6 is 0 Å². The van der Waals surface area contributed by atoms with Crippen molar-refractivity contribution >= 4 is 28.3 Å². The van der Waals surface area contributed by atoms with Gasteiger partial charge in [-0.3, -0.25) is 9.59 Å². The molecule has 29 heavy (non-hydrogen) atoms. The van der Waals surface area contributed by atoms with E-state index in [1.54, 1.807) is 6.92 Å². The maximum Gasteiger partial charge on any atom is 0.270 e. The average Bonchev–Trinajstić information content (AvgIpc) is 3.18. The van der Waals surface area contributed by atoms with Crippen molar-refractivity contribution in [3.63, 3.8) is 0 Å². The van der Waals surface area contributed by atoms with Gasteiger partial charge in [0.2, 0.25) is 0 Å². The Morgan fingerprint density at radius 2 is 1.55 bits per heavy atom. The Kier molecular flexibility index (Phi) is 4.91. The second kappa shape index (κ2) is 7.39. The summed E-state index contributed by atoms with van der Waals surface area (Å²) in [4.78, 5) is 32.1. The first-order chi connectivity index (χ1) is 13.8. The molecule has 2 aromatic carbocycles. The molecule has 1 aromatic heterocycles. The molecule has 1 aliphatic rings. The van der Waals surface area contributed by atoms with Crippen LogP contribution in [0.1, 0.15) is 44.5 Å². The number of amides is 1. The van der Waals surface area contributed by atoms with E-state index in [1.165, 1.54) is 16.7 Å². The van der Waals surface area contributed by atoms with Crippen molar-refractivity contribution in [2.24, 2.45) is 0 Å². The topological polar surface area (TPSA) is 56.4 Å². The maximum atomic E-state index is 13.1. The van der Waals surface area contributed by atoms with Crippen LogP contribution in [0, 0.1) is 20.8 Å². The van der Waals surface area contributed by atoms with Crippen molar-refractivity contribution in [3.8, 4) is 0 Å². The number of piperazine rings is 1. The molecule has 4 rings (SSSR count). The lowest BCUT2D eigenvalue weighted by atomic mass is 10.0. The van der Waals surface area contributed by atoms with E-state index in [1.807, 2.05) is 35.2 Å². The van der Waals surface area contributed by atoms with Crippen LogP contribution in [-0.2, 0) is 0 Å². The number of hydrogen-bond acceptors (Lipinski definition) is 3. The van der Waals surface area contributed by atoms with Crippen molar-refractivity contribution < 1.29 is 9.59 Å². The normalized spacial score (nSPS) is 14.5. The largest absolute Gasteiger partial charge is 0.368 e. The predicted octanol–water partition coefficient (Wildman–Crippen LogP) is 4.26. The van der Waals surface area contributed by atoms with Crippen LogP contribution in [0.4, 0.5) is 5.69 Å². The van der Waals surface area contributed by atoms with Crippen molar-refractivity contribution in [2.75, 3.05) is 31.1 Å². The monoisotopic (exact) mass is 389 g/mol. The number of rotatable bonds is 3. The third-order valence-electron chi connectivity index (χ3n) is 6.08. The molecule has 1 amide bonds. The number of H-pyrrole nitrogens is 1. The number of Topliss-reactive ketones (excluding diaryl/α,β-unsaturated/α-hetero) is 1. The standard InChI is InChI=1S/C24H27N3O2/c1-15-13-16(2)21-14-22(25-23(21)17(15)3)24(29)27-11-9-26(10-12-27)20-7-5-19(6-8-20)18(4)28/h5-8,13-14,25H,9-12H2,1-4H3. The van der Waals surface area contributed by atoms with Crippen LogP contribution < -0.4 is 4.90 Å². The van der Waals surface area contributed by atoms with Gasteiger partial charge in [0.1, 0.15) is 5.69 Å². The van der Waals surface area contributed by atoms with Crippen LogP contribution in [0.5, 0.6) is 0 Å². The van der Waals surface area contributed by atoms with Gasteiger partial charge < -0.3 is 14.8 Å². The number of aromatic nitrogens is 1. The summed E-state index contributed by atoms with van der Waals surface area (Å²) in [6.07, 6.45) is 0. The molecule has 2 heterocycles. The van der Waals surface area contributed by atoms with Gasteiger partial charge in [-0.25, -0.2) is 0 Å². The molecule has 1 aliphatic heterocycles. The molecule has 5 heteroatoms. The van der Waals surface area contributed by atoms with E-state index in [0.717, 1.165) is 35.2 Å². The lowest BCUT2D eigenvalue weighted by Gasteiger charge is -2.36. The zero-order chi connectivity index (χ0) is 20.7. The SMILES string of the molecule is CC(=O)c1ccc(N2CCN(C(=O)c3cc4c(C)cc(C)c(C)c4[nH]3)CC2)cc1. The van der Waals surface area contributed by atoms with Gasteiger partial charge in [-0.05, 0) is 74.7 Å². The Balaban J connectivity index is 1.48. The van der Waals surface area contributed by atoms with E-state index in [2.05, 4.69) is 36.7 Å². The minimum atomic E-state index is 0.0595. The number of nitrogens with one attached hydrogen (secondary N) is 1. The highest BCUT2D eigenvalue weighted by atomic mass is 16.2. The molecule has 0 saturated carbocycles. The number of hydrogen-bond donors (Lipinski definition) is 1. The minimum absolute atomic E-state index is 0.0595. The van der Waals surface area contributed by atoms with E-state index < -0.39 is 0 Å². The molecule has 0 spiro atoms. The fourth-order valence-corrected chi connectivity index (χ4v) is 4.13. The summed E-state index contributed by atoms with van der Waals surface area (Å²) in [5, 5.41) is 1.13. The second-order valence-corrected chi connectivity index (χ2v) is 7.99. The molecule has 1 N–H and O–H groups in total. The van der Waals surface area contributed by atoms with E-state index in [-0.39, 0.29) is 11.7 Å². The molecule has 1 fully saturated rings. The number of ketones is 1. The van der Waals surface area contributed by atoms with E-state index >= 15 is 0 Å². The summed E-state index contributed by atoms with van der Waals surface area (Å²) in [6, 6.07) is 11.9. The number of aryl methyl sites for hydroxylation is 3. The molecule has 1 saturated heterocycles. The molecular formula is C24H27N3O2. The van der Waals surface area contributed by atoms with Crippen LogP contribution in [0.3, 0.4) is 0 Å². The first-order valence-electron chi connectivity index (χ1n) is 10.1. The molecule has 5 nitrogen and oxygen atoms in total. The van der Waals surface area contributed by atoms with Crippen LogP contribution in [0.15, 0.2) is 36.4 Å². The molecule has 0 unspecified atom stereocenters. The van der Waals surface area contributed by atoms with Gasteiger partial charge in [-0.15, -0.1) is 0 Å². The number of carbonyl (C=O) groups is 2. The van der Waals surface area contributed by atoms with E-state index in [0.29, 0.717) is 18.8 Å². The zero-order valence-corrected chi connectivity index (χ0v) is 17.5. The minimum Gasteiger partial charge on any atom is -0.368 e. The fraction of sp³-hybridized carbons (Fsp3) is 0.333. The first-order valence-corrected chi connectivity index (χ1v) is 10.1. The Labute approximate surface area is 171 Å². The maximum absolute atomic E-state index is 13.1. The summed E-state index contributed by atoms with van der Waals surface area (Å²) in [5.41, 5.74) is 7.17. The molecule has 0 radical (unpaired) electrons. The van der Waals surface area contributed by atoms with E-state index in [4.69, 9.17) is 0 Å². The summed E-state index contributed by atoms with van der Waals surface area (Å²) < 4.78 is 0. The third-order valence-corrected chi connectivity index (χ3v) is 6.08. The number of carbonyl (C=O) groups excluding carboxylic acids is 2. The number of anilines is 1.